The number of hydrogen-bond acceptors (Lipinski definition) is 3. The molecule has 0 heterocycles. The van der Waals surface area contributed by atoms with Crippen LogP contribution in [0.25, 0.3) is 0 Å². The molecule has 0 saturated carbocycles. The van der Waals surface area contributed by atoms with Gasteiger partial charge in [-0.1, -0.05) is 73.1 Å². The average molecular weight is 315 g/mol. The Balaban J connectivity index is 4.50. The highest BCUT2D eigenvalue weighted by Crippen LogP contribution is 2.36. The lowest BCUT2D eigenvalue weighted by Crippen LogP contribution is -2.34. The van der Waals surface area contributed by atoms with Crippen molar-refractivity contribution in [1.82, 2.24) is 0 Å². The molecular formula is C19H38O3. The third-order valence-corrected chi connectivity index (χ3v) is 4.49. The van der Waals surface area contributed by atoms with E-state index in [1.165, 1.54) is 38.5 Å². The van der Waals surface area contributed by atoms with Gasteiger partial charge < -0.3 is 9.47 Å². The second kappa shape index (κ2) is 11.8. The van der Waals surface area contributed by atoms with Gasteiger partial charge in [0.1, 0.15) is 6.10 Å². The van der Waals surface area contributed by atoms with Crippen LogP contribution in [0.2, 0.25) is 0 Å². The van der Waals surface area contributed by atoms with Gasteiger partial charge in [0, 0.05) is 5.41 Å². The van der Waals surface area contributed by atoms with Crippen LogP contribution in [0.15, 0.2) is 0 Å². The van der Waals surface area contributed by atoms with E-state index in [1.807, 2.05) is 20.8 Å². The van der Waals surface area contributed by atoms with Crippen LogP contribution in [0, 0.1) is 11.3 Å². The number of hydrogen-bond donors (Lipinski definition) is 0. The average Bonchev–Trinajstić information content (AvgIpc) is 2.45. The molecule has 0 radical (unpaired) electrons. The summed E-state index contributed by atoms with van der Waals surface area (Å²) in [5.41, 5.74) is 0.0567. The van der Waals surface area contributed by atoms with Crippen LogP contribution in [-0.2, 0) is 9.47 Å². The van der Waals surface area contributed by atoms with Gasteiger partial charge in [-0.2, -0.15) is 0 Å². The number of carbonyl (C=O) groups excluding carboxylic acids is 1. The second-order valence-electron chi connectivity index (χ2n) is 7.28. The maximum Gasteiger partial charge on any atom is 0.508 e. The molecule has 0 N–H and O–H groups in total. The predicted octanol–water partition coefficient (Wildman–Crippen LogP) is 6.35. The molecule has 0 aliphatic carbocycles. The Morgan fingerprint density at radius 3 is 1.86 bits per heavy atom. The molecule has 0 rings (SSSR count). The standard InChI is InChI=1S/C19H38O3/c1-7-9-11-13-19(6,14-12-10-8-2)17(5)22-18(20)21-15-16(3)4/h16-17H,7-15H2,1-6H3. The molecule has 0 bridgehead atoms. The summed E-state index contributed by atoms with van der Waals surface area (Å²) >= 11 is 0. The van der Waals surface area contributed by atoms with E-state index in [0.29, 0.717) is 12.5 Å². The van der Waals surface area contributed by atoms with Crippen molar-refractivity contribution in [2.45, 2.75) is 99.0 Å². The minimum atomic E-state index is -0.515. The number of ether oxygens (including phenoxy) is 2. The van der Waals surface area contributed by atoms with Gasteiger partial charge in [0.05, 0.1) is 6.61 Å². The summed E-state index contributed by atoms with van der Waals surface area (Å²) in [5, 5.41) is 0. The van der Waals surface area contributed by atoms with Crippen molar-refractivity contribution in [3.8, 4) is 0 Å². The smallest absolute Gasteiger partial charge is 0.434 e. The summed E-state index contributed by atoms with van der Waals surface area (Å²) in [7, 11) is 0. The topological polar surface area (TPSA) is 35.5 Å². The fourth-order valence-corrected chi connectivity index (χ4v) is 2.64. The third kappa shape index (κ3) is 9.32. The first-order chi connectivity index (χ1) is 10.4. The van der Waals surface area contributed by atoms with Crippen molar-refractivity contribution in [2.75, 3.05) is 6.61 Å². The van der Waals surface area contributed by atoms with Crippen LogP contribution in [0.3, 0.4) is 0 Å². The van der Waals surface area contributed by atoms with Crippen molar-refractivity contribution in [3.63, 3.8) is 0 Å². The zero-order valence-electron chi connectivity index (χ0n) is 15.7. The first-order valence-electron chi connectivity index (χ1n) is 9.19. The highest BCUT2D eigenvalue weighted by atomic mass is 16.7. The number of unbranched alkanes of at least 4 members (excludes halogenated alkanes) is 4. The first kappa shape index (κ1) is 21.3. The molecule has 3 heteroatoms. The minimum absolute atomic E-state index is 0.0567. The fourth-order valence-electron chi connectivity index (χ4n) is 2.64. The van der Waals surface area contributed by atoms with Gasteiger partial charge in [-0.25, -0.2) is 4.79 Å². The molecule has 0 spiro atoms. The van der Waals surface area contributed by atoms with Gasteiger partial charge >= 0.3 is 6.16 Å². The van der Waals surface area contributed by atoms with Gasteiger partial charge in [-0.3, -0.25) is 0 Å². The highest BCUT2D eigenvalue weighted by molar-refractivity contribution is 5.60. The largest absolute Gasteiger partial charge is 0.508 e. The maximum atomic E-state index is 11.8. The summed E-state index contributed by atoms with van der Waals surface area (Å²) < 4.78 is 10.7. The van der Waals surface area contributed by atoms with Crippen LogP contribution in [0.4, 0.5) is 4.79 Å². The van der Waals surface area contributed by atoms with Crippen LogP contribution in [0.1, 0.15) is 92.9 Å². The Bertz CT molecular complexity index is 276. The van der Waals surface area contributed by atoms with Crippen LogP contribution in [0.5, 0.6) is 0 Å². The lowest BCUT2D eigenvalue weighted by molar-refractivity contribution is -0.0303. The highest BCUT2D eigenvalue weighted by Gasteiger charge is 2.33. The molecule has 0 aromatic rings. The Morgan fingerprint density at radius 1 is 0.955 bits per heavy atom. The summed E-state index contributed by atoms with van der Waals surface area (Å²) in [4.78, 5) is 11.8. The molecule has 1 unspecified atom stereocenters. The molecule has 0 aliphatic rings. The van der Waals surface area contributed by atoms with Crippen LogP contribution >= 0.6 is 0 Å². The normalized spacial score (nSPS) is 13.2. The molecule has 0 aromatic carbocycles. The summed E-state index contributed by atoms with van der Waals surface area (Å²) in [6.45, 7) is 13.2. The van der Waals surface area contributed by atoms with Crippen molar-refractivity contribution >= 4 is 6.16 Å². The van der Waals surface area contributed by atoms with E-state index in [0.717, 1.165) is 12.8 Å². The van der Waals surface area contributed by atoms with Gasteiger partial charge in [0.2, 0.25) is 0 Å². The first-order valence-corrected chi connectivity index (χ1v) is 9.19. The van der Waals surface area contributed by atoms with Gasteiger partial charge in [0.15, 0.2) is 0 Å². The minimum Gasteiger partial charge on any atom is -0.434 e. The predicted molar refractivity (Wildman–Crippen MR) is 93.1 cm³/mol. The molecule has 0 fully saturated rings. The van der Waals surface area contributed by atoms with Crippen molar-refractivity contribution < 1.29 is 14.3 Å². The number of rotatable bonds is 12. The van der Waals surface area contributed by atoms with E-state index in [9.17, 15) is 4.79 Å². The molecule has 0 saturated heterocycles. The SMILES string of the molecule is CCCCCC(C)(CCCCC)C(C)OC(=O)OCC(C)C. The van der Waals surface area contributed by atoms with E-state index >= 15 is 0 Å². The van der Waals surface area contributed by atoms with E-state index in [4.69, 9.17) is 9.47 Å². The third-order valence-electron chi connectivity index (χ3n) is 4.49. The molecule has 22 heavy (non-hydrogen) atoms. The lowest BCUT2D eigenvalue weighted by Gasteiger charge is -2.35. The van der Waals surface area contributed by atoms with E-state index in [1.54, 1.807) is 0 Å². The maximum absolute atomic E-state index is 11.8. The molecule has 0 amide bonds. The molecule has 0 aromatic heterocycles. The summed E-state index contributed by atoms with van der Waals surface area (Å²) in [5.74, 6) is 0.336. The van der Waals surface area contributed by atoms with Crippen LogP contribution in [-0.4, -0.2) is 18.9 Å². The lowest BCUT2D eigenvalue weighted by atomic mass is 9.75. The van der Waals surface area contributed by atoms with Crippen LogP contribution < -0.4 is 0 Å². The van der Waals surface area contributed by atoms with Gasteiger partial charge in [-0.15, -0.1) is 0 Å². The summed E-state index contributed by atoms with van der Waals surface area (Å²) in [6, 6.07) is 0. The van der Waals surface area contributed by atoms with E-state index in [-0.39, 0.29) is 11.5 Å². The Kier molecular flexibility index (Phi) is 11.4. The Labute approximate surface area is 138 Å². The molecule has 3 nitrogen and oxygen atoms in total. The monoisotopic (exact) mass is 314 g/mol. The summed E-state index contributed by atoms with van der Waals surface area (Å²) in [6.07, 6.45) is 8.95. The van der Waals surface area contributed by atoms with E-state index < -0.39 is 6.16 Å². The van der Waals surface area contributed by atoms with Crippen molar-refractivity contribution in [2.24, 2.45) is 11.3 Å². The quantitative estimate of drug-likeness (QED) is 0.311. The van der Waals surface area contributed by atoms with Gasteiger partial charge in [0.25, 0.3) is 0 Å². The Morgan fingerprint density at radius 2 is 1.45 bits per heavy atom. The molecule has 132 valence electrons. The van der Waals surface area contributed by atoms with Crippen molar-refractivity contribution in [3.05, 3.63) is 0 Å². The van der Waals surface area contributed by atoms with Crippen molar-refractivity contribution in [1.29, 1.82) is 0 Å². The zero-order chi connectivity index (χ0) is 17.0. The number of carbonyl (C=O) groups is 1. The second-order valence-corrected chi connectivity index (χ2v) is 7.28. The molecular weight excluding hydrogens is 276 g/mol. The fraction of sp³-hybridized carbons (Fsp3) is 0.947. The molecule has 1 atom stereocenters. The van der Waals surface area contributed by atoms with Gasteiger partial charge in [-0.05, 0) is 25.7 Å². The zero-order valence-corrected chi connectivity index (χ0v) is 15.7. The Hall–Kier alpha value is -0.730. The molecule has 0 aliphatic heterocycles. The van der Waals surface area contributed by atoms with E-state index in [2.05, 4.69) is 20.8 Å².